The molecule has 3 N–H and O–H groups in total. The molecule has 6 heteroatoms. The third-order valence-corrected chi connectivity index (χ3v) is 4.44. The second kappa shape index (κ2) is 9.73. The molecule has 0 bridgehead atoms. The van der Waals surface area contributed by atoms with E-state index in [1.807, 2.05) is 0 Å². The first-order valence-corrected chi connectivity index (χ1v) is 9.34. The highest BCUT2D eigenvalue weighted by molar-refractivity contribution is 6.02. The van der Waals surface area contributed by atoms with E-state index in [0.29, 0.717) is 11.4 Å². The summed E-state index contributed by atoms with van der Waals surface area (Å²) in [5.41, 5.74) is 2.72. The molecule has 6 nitrogen and oxygen atoms in total. The molecule has 0 atom stereocenters. The topological polar surface area (TPSA) is 83.4 Å². The number of nitrogens with one attached hydrogen (secondary N) is 3. The predicted molar refractivity (Wildman–Crippen MR) is 106 cm³/mol. The third kappa shape index (κ3) is 6.11. The van der Waals surface area contributed by atoms with Crippen molar-refractivity contribution in [2.24, 2.45) is 0 Å². The molecule has 0 radical (unpaired) electrons. The maximum atomic E-state index is 12.1. The van der Waals surface area contributed by atoms with Gasteiger partial charge in [-0.2, -0.15) is 0 Å². The average molecular weight is 367 g/mol. The zero-order valence-corrected chi connectivity index (χ0v) is 15.3. The minimum Gasteiger partial charge on any atom is -0.459 e. The number of amides is 2. The molecule has 1 heterocycles. The third-order valence-electron chi connectivity index (χ3n) is 4.44. The minimum absolute atomic E-state index is 0.109. The summed E-state index contributed by atoms with van der Waals surface area (Å²) in [4.78, 5) is 24.1. The summed E-state index contributed by atoms with van der Waals surface area (Å²) in [6.45, 7) is 1.06. The van der Waals surface area contributed by atoms with Crippen LogP contribution in [-0.2, 0) is 4.79 Å². The Kier molecular flexibility index (Phi) is 6.82. The van der Waals surface area contributed by atoms with Crippen LogP contribution >= 0.6 is 0 Å². The zero-order chi connectivity index (χ0) is 18.9. The molecule has 2 amide bonds. The van der Waals surface area contributed by atoms with Crippen molar-refractivity contribution in [1.29, 1.82) is 0 Å². The Morgan fingerprint density at radius 2 is 1.89 bits per heavy atom. The number of hydrogen-bond donors (Lipinski definition) is 3. The predicted octanol–water partition coefficient (Wildman–Crippen LogP) is 3.95. The molecular formula is C21H25N3O3. The molecule has 27 heavy (non-hydrogen) atoms. The molecule has 142 valence electrons. The summed E-state index contributed by atoms with van der Waals surface area (Å²) in [5.74, 6) is -0.203. The van der Waals surface area contributed by atoms with E-state index < -0.39 is 0 Å². The van der Waals surface area contributed by atoms with Crippen LogP contribution in [0.15, 0.2) is 58.7 Å². The lowest BCUT2D eigenvalue weighted by Crippen LogP contribution is -2.29. The number of allylic oxidation sites excluding steroid dienone is 1. The van der Waals surface area contributed by atoms with Crippen molar-refractivity contribution >= 4 is 23.2 Å². The Bertz CT molecular complexity index is 797. The maximum absolute atomic E-state index is 12.1. The molecule has 3 rings (SSSR count). The normalized spacial score (nSPS) is 13.7. The summed E-state index contributed by atoms with van der Waals surface area (Å²) < 4.78 is 5.07. The van der Waals surface area contributed by atoms with Crippen molar-refractivity contribution in [2.45, 2.75) is 32.1 Å². The van der Waals surface area contributed by atoms with E-state index in [0.717, 1.165) is 13.0 Å². The molecule has 1 aromatic heterocycles. The van der Waals surface area contributed by atoms with Crippen LogP contribution in [-0.4, -0.2) is 24.9 Å². The lowest BCUT2D eigenvalue weighted by atomic mass is 9.97. The van der Waals surface area contributed by atoms with Crippen LogP contribution in [0.4, 0.5) is 11.4 Å². The van der Waals surface area contributed by atoms with Crippen molar-refractivity contribution in [1.82, 2.24) is 5.32 Å². The summed E-state index contributed by atoms with van der Waals surface area (Å²) in [7, 11) is 0. The van der Waals surface area contributed by atoms with E-state index >= 15 is 0 Å². The molecule has 1 aliphatic rings. The van der Waals surface area contributed by atoms with Gasteiger partial charge in [0.05, 0.1) is 12.8 Å². The summed E-state index contributed by atoms with van der Waals surface area (Å²) in [6, 6.07) is 10.3. The van der Waals surface area contributed by atoms with Crippen molar-refractivity contribution in [3.8, 4) is 0 Å². The summed E-state index contributed by atoms with van der Waals surface area (Å²) in [6.07, 6.45) is 9.71. The van der Waals surface area contributed by atoms with Crippen LogP contribution in [0.2, 0.25) is 0 Å². The molecule has 0 saturated carbocycles. The second-order valence-corrected chi connectivity index (χ2v) is 6.60. The van der Waals surface area contributed by atoms with Crippen LogP contribution in [0.25, 0.3) is 0 Å². The monoisotopic (exact) mass is 367 g/mol. The average Bonchev–Trinajstić information content (AvgIpc) is 3.21. The van der Waals surface area contributed by atoms with E-state index in [4.69, 9.17) is 4.42 Å². The van der Waals surface area contributed by atoms with Crippen LogP contribution in [0.3, 0.4) is 0 Å². The highest BCUT2D eigenvalue weighted by Crippen LogP contribution is 2.19. The Balaban J connectivity index is 1.42. The number of carbonyl (C=O) groups excluding carboxylic acids is 2. The van der Waals surface area contributed by atoms with Crippen molar-refractivity contribution in [2.75, 3.05) is 23.7 Å². The van der Waals surface area contributed by atoms with E-state index in [9.17, 15) is 9.59 Å². The van der Waals surface area contributed by atoms with Crippen LogP contribution in [0.1, 0.15) is 42.7 Å². The van der Waals surface area contributed by atoms with Gasteiger partial charge in [0.15, 0.2) is 5.76 Å². The van der Waals surface area contributed by atoms with Crippen molar-refractivity contribution in [3.05, 3.63) is 60.1 Å². The van der Waals surface area contributed by atoms with Gasteiger partial charge in [0.1, 0.15) is 0 Å². The highest BCUT2D eigenvalue weighted by Gasteiger charge is 2.09. The van der Waals surface area contributed by atoms with Gasteiger partial charge in [-0.15, -0.1) is 0 Å². The second-order valence-electron chi connectivity index (χ2n) is 6.60. The van der Waals surface area contributed by atoms with Gasteiger partial charge in [-0.1, -0.05) is 17.7 Å². The number of rotatable bonds is 8. The summed E-state index contributed by atoms with van der Waals surface area (Å²) >= 11 is 0. The van der Waals surface area contributed by atoms with Crippen LogP contribution < -0.4 is 16.0 Å². The Hall–Kier alpha value is -2.86. The fourth-order valence-corrected chi connectivity index (χ4v) is 3.06. The van der Waals surface area contributed by atoms with Gasteiger partial charge >= 0.3 is 0 Å². The van der Waals surface area contributed by atoms with Crippen LogP contribution in [0, 0.1) is 0 Å². The molecule has 1 aliphatic carbocycles. The fourth-order valence-electron chi connectivity index (χ4n) is 3.06. The molecule has 1 aromatic carbocycles. The van der Waals surface area contributed by atoms with E-state index in [2.05, 4.69) is 22.0 Å². The lowest BCUT2D eigenvalue weighted by Gasteiger charge is -2.13. The van der Waals surface area contributed by atoms with E-state index in [1.165, 1.54) is 37.5 Å². The van der Waals surface area contributed by atoms with E-state index in [1.54, 1.807) is 36.4 Å². The first-order valence-electron chi connectivity index (χ1n) is 9.34. The minimum atomic E-state index is -0.331. The standard InChI is InChI=1S/C21H25N3O3/c25-20(15-22-12-11-16-6-2-1-3-7-16)23-17-8-4-9-18(14-17)24-21(26)19-10-5-13-27-19/h4-6,8-10,13-14,22H,1-3,7,11-12,15H2,(H,23,25)(H,24,26). The van der Waals surface area contributed by atoms with Gasteiger partial charge in [-0.3, -0.25) is 9.59 Å². The van der Waals surface area contributed by atoms with Crippen molar-refractivity contribution in [3.63, 3.8) is 0 Å². The Labute approximate surface area is 159 Å². The Morgan fingerprint density at radius 1 is 1.04 bits per heavy atom. The first-order chi connectivity index (χ1) is 13.2. The van der Waals surface area contributed by atoms with Gasteiger partial charge < -0.3 is 20.4 Å². The molecule has 0 fully saturated rings. The van der Waals surface area contributed by atoms with Gasteiger partial charge in [0.25, 0.3) is 5.91 Å². The number of carbonyl (C=O) groups is 2. The lowest BCUT2D eigenvalue weighted by molar-refractivity contribution is -0.115. The zero-order valence-electron chi connectivity index (χ0n) is 15.3. The molecular weight excluding hydrogens is 342 g/mol. The Morgan fingerprint density at radius 3 is 2.63 bits per heavy atom. The number of furan rings is 1. The number of anilines is 2. The maximum Gasteiger partial charge on any atom is 0.291 e. The van der Waals surface area contributed by atoms with Crippen LogP contribution in [0.5, 0.6) is 0 Å². The highest BCUT2D eigenvalue weighted by atomic mass is 16.3. The molecule has 0 aliphatic heterocycles. The van der Waals surface area contributed by atoms with Gasteiger partial charge in [-0.05, 0) is 69.0 Å². The van der Waals surface area contributed by atoms with E-state index in [-0.39, 0.29) is 24.1 Å². The molecule has 0 saturated heterocycles. The number of benzene rings is 1. The first kappa shape index (κ1) is 18.9. The van der Waals surface area contributed by atoms with Gasteiger partial charge in [0.2, 0.25) is 5.91 Å². The fraction of sp³-hybridized carbons (Fsp3) is 0.333. The quantitative estimate of drug-likeness (QED) is 0.487. The summed E-state index contributed by atoms with van der Waals surface area (Å²) in [5, 5.41) is 8.76. The molecule has 0 spiro atoms. The largest absolute Gasteiger partial charge is 0.459 e. The smallest absolute Gasteiger partial charge is 0.291 e. The molecule has 0 unspecified atom stereocenters. The SMILES string of the molecule is O=C(CNCCC1=CCCCC1)Nc1cccc(NC(=O)c2ccco2)c1. The molecule has 2 aromatic rings. The van der Waals surface area contributed by atoms with Gasteiger partial charge in [-0.25, -0.2) is 0 Å². The van der Waals surface area contributed by atoms with Gasteiger partial charge in [0, 0.05) is 11.4 Å². The van der Waals surface area contributed by atoms with Crippen molar-refractivity contribution < 1.29 is 14.0 Å². The number of hydrogen-bond acceptors (Lipinski definition) is 4.